The number of benzene rings is 3. The first-order chi connectivity index (χ1) is 23.4. The van der Waals surface area contributed by atoms with Gasteiger partial charge < -0.3 is 24.8 Å². The van der Waals surface area contributed by atoms with Gasteiger partial charge in [-0.15, -0.1) is 0 Å². The Kier molecular flexibility index (Phi) is 10.8. The maximum Gasteiger partial charge on any atom is -1.00 e. The van der Waals surface area contributed by atoms with Crippen LogP contribution in [0.5, 0.6) is 0 Å². The van der Waals surface area contributed by atoms with E-state index < -0.39 is 21.3 Å². The summed E-state index contributed by atoms with van der Waals surface area (Å²) in [5.74, 6) is 0.460. The fourth-order valence-electron chi connectivity index (χ4n) is 9.50. The molecule has 0 radical (unpaired) electrons. The average molecular weight is 825 g/mol. The fourth-order valence-corrected chi connectivity index (χ4v) is 18.5. The second-order valence-electron chi connectivity index (χ2n) is 20.6. The second kappa shape index (κ2) is 13.6. The van der Waals surface area contributed by atoms with E-state index in [1.807, 2.05) is 0 Å². The third kappa shape index (κ3) is 7.02. The molecule has 280 valence electrons. The molecule has 53 heavy (non-hydrogen) atoms. The van der Waals surface area contributed by atoms with Gasteiger partial charge in [-0.2, -0.15) is 0 Å². The van der Waals surface area contributed by atoms with E-state index in [1.165, 1.54) is 61.2 Å². The van der Waals surface area contributed by atoms with Crippen molar-refractivity contribution >= 4 is 14.4 Å². The molecule has 0 fully saturated rings. The number of hydrogen-bond donors (Lipinski definition) is 0. The molecule has 1 atom stereocenters. The molecule has 0 aliphatic heterocycles. The van der Waals surface area contributed by atoms with E-state index >= 15 is 0 Å². The van der Waals surface area contributed by atoms with Gasteiger partial charge in [0.2, 0.25) is 0 Å². The van der Waals surface area contributed by atoms with Crippen molar-refractivity contribution < 1.29 is 46.1 Å². The minimum atomic E-state index is -2.74. The number of aryl methyl sites for hydroxylation is 1. The summed E-state index contributed by atoms with van der Waals surface area (Å²) in [4.78, 5) is 0. The molecule has 0 aromatic heterocycles. The van der Waals surface area contributed by atoms with E-state index in [0.717, 1.165) is 0 Å². The first kappa shape index (κ1) is 42.1. The van der Waals surface area contributed by atoms with Gasteiger partial charge in [0, 0.05) is 0 Å². The van der Waals surface area contributed by atoms with Gasteiger partial charge in [0.15, 0.2) is 0 Å². The second-order valence-corrected chi connectivity index (χ2v) is 27.3. The zero-order valence-electron chi connectivity index (χ0n) is 35.3. The molecule has 3 aromatic carbocycles. The van der Waals surface area contributed by atoms with Crippen LogP contribution in [0.2, 0.25) is 0 Å². The zero-order chi connectivity index (χ0) is 37.4. The average Bonchev–Trinajstić information content (AvgIpc) is 3.70. The van der Waals surface area contributed by atoms with Gasteiger partial charge in [-0.05, 0) is 0 Å². The molecule has 0 amide bonds. The van der Waals surface area contributed by atoms with Crippen LogP contribution in [-0.2, 0) is 32.1 Å². The molecule has 0 spiro atoms. The van der Waals surface area contributed by atoms with Crippen molar-refractivity contribution in [2.24, 2.45) is 22.2 Å². The molecule has 1 unspecified atom stereocenters. The van der Waals surface area contributed by atoms with E-state index in [2.05, 4.69) is 184 Å². The van der Waals surface area contributed by atoms with Gasteiger partial charge in [-0.25, -0.2) is 0 Å². The van der Waals surface area contributed by atoms with Crippen molar-refractivity contribution in [1.29, 1.82) is 0 Å². The van der Waals surface area contributed by atoms with E-state index in [0.29, 0.717) is 9.54 Å². The molecule has 3 heteroatoms. The molecular formula is C50H62Cl2Zr. The Morgan fingerprint density at radius 2 is 1.06 bits per heavy atom. The largest absolute Gasteiger partial charge is 1.00 e. The van der Waals surface area contributed by atoms with Crippen LogP contribution in [0.3, 0.4) is 0 Å². The van der Waals surface area contributed by atoms with E-state index in [-0.39, 0.29) is 51.9 Å². The number of halogens is 2. The maximum absolute atomic E-state index is 2.74. The van der Waals surface area contributed by atoms with Crippen LogP contribution in [0.15, 0.2) is 81.7 Å². The van der Waals surface area contributed by atoms with Crippen LogP contribution >= 0.6 is 0 Å². The molecular weight excluding hydrogens is 763 g/mol. The SMILES string of the molecule is C/[C](c1ccc(C)cc1)=[Zr+2](/[C]1=CC(C(C)(C)C)=CC1C)[CH]1c2cc3c(cc2-c2cc4c(cc21)C(C)(C)C=C4C(C)(C)C)C(C(C)(C)C)=CC3(C)C.[Cl-].[Cl-]. The van der Waals surface area contributed by atoms with Gasteiger partial charge in [0.1, 0.15) is 0 Å². The van der Waals surface area contributed by atoms with E-state index in [1.54, 1.807) is 17.6 Å². The Hall–Kier alpha value is -2.05. The van der Waals surface area contributed by atoms with Crippen LogP contribution in [0.1, 0.15) is 152 Å². The van der Waals surface area contributed by atoms with E-state index in [4.69, 9.17) is 0 Å². The Morgan fingerprint density at radius 1 is 0.623 bits per heavy atom. The quantitative estimate of drug-likeness (QED) is 0.253. The summed E-state index contributed by atoms with van der Waals surface area (Å²) in [6.07, 6.45) is 10.4. The molecule has 0 heterocycles. The minimum Gasteiger partial charge on any atom is -1.00 e. The Bertz CT molecular complexity index is 2060. The van der Waals surface area contributed by atoms with Crippen molar-refractivity contribution in [3.05, 3.63) is 126 Å². The molecule has 7 rings (SSSR count). The van der Waals surface area contributed by atoms with Gasteiger partial charge in [-0.3, -0.25) is 0 Å². The summed E-state index contributed by atoms with van der Waals surface area (Å²) in [5, 5.41) is 0. The topological polar surface area (TPSA) is 0 Å². The third-order valence-corrected chi connectivity index (χ3v) is 21.1. The van der Waals surface area contributed by atoms with Crippen LogP contribution in [0, 0.1) is 29.1 Å². The Morgan fingerprint density at radius 3 is 1.43 bits per heavy atom. The number of rotatable bonds is 3. The molecule has 0 bridgehead atoms. The first-order valence-electron chi connectivity index (χ1n) is 19.5. The number of fused-ring (bicyclic) bond motifs is 5. The summed E-state index contributed by atoms with van der Waals surface area (Å²) in [6.45, 7) is 38.5. The van der Waals surface area contributed by atoms with Crippen molar-refractivity contribution in [2.45, 2.75) is 125 Å². The van der Waals surface area contributed by atoms with Gasteiger partial charge in [0.05, 0.1) is 0 Å². The van der Waals surface area contributed by atoms with Crippen molar-refractivity contribution in [3.8, 4) is 11.1 Å². The van der Waals surface area contributed by atoms with E-state index in [9.17, 15) is 0 Å². The molecule has 0 nitrogen and oxygen atoms in total. The van der Waals surface area contributed by atoms with Gasteiger partial charge in [0.25, 0.3) is 0 Å². The zero-order valence-corrected chi connectivity index (χ0v) is 39.3. The molecule has 3 aromatic rings. The molecule has 4 aliphatic carbocycles. The fraction of sp³-hybridized carbons (Fsp3) is 0.460. The number of hydrogen-bond acceptors (Lipinski definition) is 0. The smallest absolute Gasteiger partial charge is 1.00 e. The Balaban J connectivity index is 0.00000271. The monoisotopic (exact) mass is 822 g/mol. The number of allylic oxidation sites excluding steroid dienone is 8. The van der Waals surface area contributed by atoms with Crippen LogP contribution < -0.4 is 24.8 Å². The molecule has 0 saturated heterocycles. The summed E-state index contributed by atoms with van der Waals surface area (Å²) in [5.41, 5.74) is 19.7. The Labute approximate surface area is 342 Å². The molecule has 0 N–H and O–H groups in total. The summed E-state index contributed by atoms with van der Waals surface area (Å²) >= 11 is -2.74. The van der Waals surface area contributed by atoms with Crippen molar-refractivity contribution in [3.63, 3.8) is 0 Å². The summed E-state index contributed by atoms with van der Waals surface area (Å²) < 4.78 is 3.84. The van der Waals surface area contributed by atoms with Gasteiger partial charge >= 0.3 is 320 Å². The summed E-state index contributed by atoms with van der Waals surface area (Å²) in [6, 6.07) is 20.2. The summed E-state index contributed by atoms with van der Waals surface area (Å²) in [7, 11) is 0. The third-order valence-electron chi connectivity index (χ3n) is 12.5. The predicted octanol–water partition coefficient (Wildman–Crippen LogP) is 7.88. The standard InChI is InChI=1S/C31H37.C10H15.C9H10.2ClH.Zr/c1-28(2,3)26-16-30(7,8)24-12-18-11-19-13-25-23(15-21(19)20(18)14-22(24)26)27(29(4,5)6)17-31(25,9)10;1-8-5-6-9(7-8)10(2,3)4;1-3-9-6-4-8(2)5-7-9;;;/h11-17H,1-10H3;6-8H,1-4H3;4-7H,1-2H3;2*1H;/q;;;;;+2/p-2. The molecule has 0 saturated carbocycles. The normalized spacial score (nSPS) is 19.8. The van der Waals surface area contributed by atoms with Crippen molar-refractivity contribution in [1.82, 2.24) is 0 Å². The maximum atomic E-state index is 2.71. The molecule has 4 aliphatic rings. The van der Waals surface area contributed by atoms with Gasteiger partial charge in [-0.1, -0.05) is 0 Å². The minimum absolute atomic E-state index is 0. The van der Waals surface area contributed by atoms with Crippen LogP contribution in [-0.4, -0.2) is 3.21 Å². The first-order valence-corrected chi connectivity index (χ1v) is 23.3. The van der Waals surface area contributed by atoms with Crippen LogP contribution in [0.4, 0.5) is 0 Å². The van der Waals surface area contributed by atoms with Crippen molar-refractivity contribution in [2.75, 3.05) is 0 Å². The van der Waals surface area contributed by atoms with Crippen LogP contribution in [0.25, 0.3) is 22.3 Å². The predicted molar refractivity (Wildman–Crippen MR) is 220 cm³/mol.